The zero-order valence-corrected chi connectivity index (χ0v) is 20.2. The molecule has 9 heteroatoms. The fraction of sp³-hybridized carbons (Fsp3) is 0.957. The predicted molar refractivity (Wildman–Crippen MR) is 112 cm³/mol. The van der Waals surface area contributed by atoms with E-state index in [1.54, 1.807) is 0 Å². The second kappa shape index (κ2) is 3.88. The van der Waals surface area contributed by atoms with Gasteiger partial charge in [-0.05, 0) is 59.2 Å². The van der Waals surface area contributed by atoms with Gasteiger partial charge in [-0.3, -0.25) is 0 Å². The summed E-state index contributed by atoms with van der Waals surface area (Å²) in [7, 11) is 0. The van der Waals surface area contributed by atoms with Crippen LogP contribution >= 0.6 is 31.9 Å². The van der Waals surface area contributed by atoms with Crippen LogP contribution in [-0.2, 0) is 18.9 Å². The Hall–Kier alpha value is 0.0700. The Bertz CT molecular complexity index is 1020. The Balaban J connectivity index is 0.850. The van der Waals surface area contributed by atoms with Crippen molar-refractivity contribution in [1.82, 2.24) is 10.6 Å². The normalized spacial score (nSPS) is 77.8. The quantitative estimate of drug-likeness (QED) is 0.489. The molecule has 2 heterocycles. The fourth-order valence-electron chi connectivity index (χ4n) is 14.2. The van der Waals surface area contributed by atoms with E-state index in [1.807, 2.05) is 0 Å². The second-order valence-electron chi connectivity index (χ2n) is 13.0. The highest BCUT2D eigenvalue weighted by molar-refractivity contribution is 9.10. The number of carbonyl (C=O) groups excluding carboxylic acids is 1. The number of nitrogens with one attached hydrogen (secondary N) is 2. The monoisotopic (exact) mass is 564 g/mol. The Morgan fingerprint density at radius 3 is 1.22 bits per heavy atom. The van der Waals surface area contributed by atoms with Gasteiger partial charge in [-0.15, -0.1) is 0 Å². The first-order valence-corrected chi connectivity index (χ1v) is 14.1. The number of hydrogen-bond donors (Lipinski definition) is 2. The van der Waals surface area contributed by atoms with Crippen LogP contribution in [0.2, 0.25) is 0 Å². The van der Waals surface area contributed by atoms with Gasteiger partial charge in [0.05, 0.1) is 46.2 Å². The highest BCUT2D eigenvalue weighted by Gasteiger charge is 3.11. The van der Waals surface area contributed by atoms with Crippen LogP contribution in [0, 0.1) is 71.0 Å². The van der Waals surface area contributed by atoms with E-state index in [0.717, 1.165) is 0 Å². The molecule has 2 spiro atoms. The molecule has 0 aromatic rings. The second-order valence-corrected chi connectivity index (χ2v) is 15.6. The van der Waals surface area contributed by atoms with Crippen molar-refractivity contribution in [2.75, 3.05) is 26.4 Å². The first kappa shape index (κ1) is 16.7. The van der Waals surface area contributed by atoms with Crippen molar-refractivity contribution in [3.05, 3.63) is 0 Å². The predicted octanol–water partition coefficient (Wildman–Crippen LogP) is 1.05. The number of carbonyl (C=O) groups is 1. The summed E-state index contributed by atoms with van der Waals surface area (Å²) in [5.74, 6) is 5.84. The van der Waals surface area contributed by atoms with Gasteiger partial charge in [-0.1, -0.05) is 31.9 Å². The third-order valence-electron chi connectivity index (χ3n) is 13.9. The molecule has 12 atom stereocenters. The van der Waals surface area contributed by atoms with Crippen molar-refractivity contribution in [1.29, 1.82) is 0 Å². The minimum absolute atomic E-state index is 0.0104. The Morgan fingerprint density at radius 2 is 0.875 bits per heavy atom. The van der Waals surface area contributed by atoms with Crippen LogP contribution in [0.5, 0.6) is 0 Å². The van der Waals surface area contributed by atoms with Gasteiger partial charge in [0.15, 0.2) is 11.6 Å². The largest absolute Gasteiger partial charge is 0.346 e. The third kappa shape index (κ3) is 0.921. The van der Waals surface area contributed by atoms with E-state index in [4.69, 9.17) is 18.9 Å². The highest BCUT2D eigenvalue weighted by atomic mass is 79.9. The number of halogens is 2. The van der Waals surface area contributed by atoms with E-state index in [9.17, 15) is 4.79 Å². The lowest BCUT2D eigenvalue weighted by atomic mass is 9.16. The van der Waals surface area contributed by atoms with Crippen LogP contribution in [0.3, 0.4) is 0 Å². The van der Waals surface area contributed by atoms with Gasteiger partial charge in [-0.25, -0.2) is 4.79 Å². The molecule has 0 aromatic carbocycles. The molecule has 14 fully saturated rings. The molecule has 4 bridgehead atoms. The minimum atomic E-state index is -0.415. The first-order valence-electron chi connectivity index (χ1n) is 12.5. The fourth-order valence-corrected chi connectivity index (χ4v) is 17.4. The van der Waals surface area contributed by atoms with Crippen LogP contribution in [0.15, 0.2) is 0 Å². The van der Waals surface area contributed by atoms with Crippen molar-refractivity contribution in [2.24, 2.45) is 71.0 Å². The number of alkyl halides is 2. The van der Waals surface area contributed by atoms with E-state index in [1.165, 1.54) is 0 Å². The van der Waals surface area contributed by atoms with E-state index in [-0.39, 0.29) is 25.8 Å². The van der Waals surface area contributed by atoms with Crippen LogP contribution < -0.4 is 10.6 Å². The molecule has 12 aliphatic carbocycles. The summed E-state index contributed by atoms with van der Waals surface area (Å²) < 4.78 is 25.1. The van der Waals surface area contributed by atoms with Crippen LogP contribution in [0.4, 0.5) is 4.79 Å². The Morgan fingerprint density at radius 1 is 0.562 bits per heavy atom. The molecule has 12 saturated carbocycles. The number of amides is 2. The van der Waals surface area contributed by atoms with Gasteiger partial charge in [0.1, 0.15) is 0 Å². The molecule has 2 N–H and O–H groups in total. The molecule has 168 valence electrons. The minimum Gasteiger partial charge on any atom is -0.346 e. The lowest BCUT2D eigenvalue weighted by Gasteiger charge is -2.92. The number of rotatable bonds is 2. The summed E-state index contributed by atoms with van der Waals surface area (Å²) in [6, 6.07) is 0.0771. The lowest BCUT2D eigenvalue weighted by molar-refractivity contribution is -0.397. The number of urea groups is 1. The molecule has 0 aromatic heterocycles. The first-order chi connectivity index (χ1) is 15.5. The summed E-state index contributed by atoms with van der Waals surface area (Å²) in [6.07, 6.45) is 0. The summed E-state index contributed by atoms with van der Waals surface area (Å²) in [5, 5.41) is 7.13. The van der Waals surface area contributed by atoms with Gasteiger partial charge >= 0.3 is 6.03 Å². The molecule has 7 nitrogen and oxygen atoms in total. The van der Waals surface area contributed by atoms with E-state index in [2.05, 4.69) is 42.5 Å². The maximum Gasteiger partial charge on any atom is 0.315 e. The molecule has 4 unspecified atom stereocenters. The van der Waals surface area contributed by atoms with Crippen LogP contribution in [-0.4, -0.2) is 63.8 Å². The molecule has 14 aliphatic rings. The van der Waals surface area contributed by atoms with E-state index >= 15 is 0 Å². The summed E-state index contributed by atoms with van der Waals surface area (Å²) in [6.45, 7) is 2.81. The average molecular weight is 566 g/mol. The highest BCUT2D eigenvalue weighted by Crippen LogP contribution is 3.02. The third-order valence-corrected chi connectivity index (χ3v) is 17.2. The van der Waals surface area contributed by atoms with E-state index < -0.39 is 11.6 Å². The Labute approximate surface area is 200 Å². The average Bonchev–Trinajstić information content (AvgIpc) is 3.52. The van der Waals surface area contributed by atoms with Crippen molar-refractivity contribution in [2.45, 2.75) is 31.3 Å². The molecule has 2 aliphatic heterocycles. The zero-order chi connectivity index (χ0) is 20.6. The summed E-state index contributed by atoms with van der Waals surface area (Å²) in [4.78, 5) is 13.4. The van der Waals surface area contributed by atoms with Gasteiger partial charge in [-0.2, -0.15) is 0 Å². The standard InChI is InChI=1S/C23H22Br2N2O5/c24-20-11-5-12(20)8-15(22(20)29-1-2-30-22)7(11)18(5,8)26-17(28)27-19-6-13-9(19)16-10(19)14(6)21(13,25)23(16)31-3-4-32-23/h5-16H,1-4H2,(H2,26,27,28)/t5?,6?,7-,8-,9-,10+,11-,12-,13-,14-,15?,16?,18?,19?,20?,21?/m0/s1. The van der Waals surface area contributed by atoms with Crippen LogP contribution in [0.1, 0.15) is 0 Å². The van der Waals surface area contributed by atoms with Crippen molar-refractivity contribution in [3.8, 4) is 0 Å². The zero-order valence-electron chi connectivity index (χ0n) is 17.1. The Kier molecular flexibility index (Phi) is 2.02. The lowest BCUT2D eigenvalue weighted by Crippen LogP contribution is -3.02. The summed E-state index contributed by atoms with van der Waals surface area (Å²) in [5.41, 5.74) is 0.0368. The topological polar surface area (TPSA) is 78.1 Å². The number of hydrogen-bond acceptors (Lipinski definition) is 5. The number of ether oxygens (including phenoxy) is 4. The smallest absolute Gasteiger partial charge is 0.315 e. The van der Waals surface area contributed by atoms with Gasteiger partial charge < -0.3 is 29.6 Å². The van der Waals surface area contributed by atoms with Crippen molar-refractivity contribution in [3.63, 3.8) is 0 Å². The van der Waals surface area contributed by atoms with Gasteiger partial charge in [0.2, 0.25) is 0 Å². The summed E-state index contributed by atoms with van der Waals surface area (Å²) >= 11 is 8.23. The van der Waals surface area contributed by atoms with Crippen molar-refractivity contribution < 1.29 is 23.7 Å². The molecule has 2 saturated heterocycles. The molecule has 14 rings (SSSR count). The van der Waals surface area contributed by atoms with Gasteiger partial charge in [0, 0.05) is 11.8 Å². The molecule has 2 amide bonds. The molecular formula is C23H22Br2N2O5. The van der Waals surface area contributed by atoms with Crippen molar-refractivity contribution >= 4 is 37.9 Å². The maximum atomic E-state index is 13.4. The van der Waals surface area contributed by atoms with Crippen LogP contribution in [0.25, 0.3) is 0 Å². The SMILES string of the molecule is O=C(NC12C3[C@H]4[C@H]1C1[C@@H]2[C@H]3C4(Br)C12OCCO2)NC12C3[C@H]4[C@H]1C1[C@H]2[C@H]3C4(Br)C12OCCO2. The molecule has 0 radical (unpaired) electrons. The van der Waals surface area contributed by atoms with Gasteiger partial charge in [0.25, 0.3) is 0 Å². The molecule has 32 heavy (non-hydrogen) atoms. The molecular weight excluding hydrogens is 544 g/mol. The van der Waals surface area contributed by atoms with E-state index in [0.29, 0.717) is 97.4 Å². The maximum absolute atomic E-state index is 13.4.